The number of hydrogen-bond donors (Lipinski definition) is 1. The quantitative estimate of drug-likeness (QED) is 0.905. The lowest BCUT2D eigenvalue weighted by atomic mass is 10.0. The highest BCUT2D eigenvalue weighted by Gasteiger charge is 2.24. The average molecular weight is 263 g/mol. The van der Waals surface area contributed by atoms with Crippen LogP contribution in [-0.4, -0.2) is 42.4 Å². The van der Waals surface area contributed by atoms with Gasteiger partial charge >= 0.3 is 0 Å². The summed E-state index contributed by atoms with van der Waals surface area (Å²) in [5.74, 6) is 0. The Morgan fingerprint density at radius 1 is 1.37 bits per heavy atom. The largest absolute Gasteiger partial charge is 0.387 e. The minimum atomic E-state index is -0.411. The second kappa shape index (κ2) is 6.51. The molecule has 1 aliphatic rings. The Balaban J connectivity index is 2.02. The molecule has 0 bridgehead atoms. The predicted octanol–water partition coefficient (Wildman–Crippen LogP) is 2.45. The fourth-order valence-electron chi connectivity index (χ4n) is 2.60. The van der Waals surface area contributed by atoms with Crippen molar-refractivity contribution >= 4 is 0 Å². The smallest absolute Gasteiger partial charge is 0.0917 e. The van der Waals surface area contributed by atoms with Gasteiger partial charge in [0.25, 0.3) is 0 Å². The van der Waals surface area contributed by atoms with Crippen LogP contribution in [0.1, 0.15) is 36.1 Å². The Morgan fingerprint density at radius 3 is 2.84 bits per heavy atom. The van der Waals surface area contributed by atoms with Crippen LogP contribution in [0.5, 0.6) is 0 Å². The maximum atomic E-state index is 10.4. The number of benzene rings is 1. The molecule has 106 valence electrons. The van der Waals surface area contributed by atoms with E-state index in [0.29, 0.717) is 12.6 Å². The Labute approximate surface area is 116 Å². The van der Waals surface area contributed by atoms with E-state index in [1.807, 2.05) is 6.07 Å². The van der Waals surface area contributed by atoms with E-state index in [0.717, 1.165) is 31.7 Å². The van der Waals surface area contributed by atoms with Gasteiger partial charge in [0.05, 0.1) is 19.3 Å². The second-order valence-electron chi connectivity index (χ2n) is 5.49. The zero-order valence-electron chi connectivity index (χ0n) is 12.2. The number of β-amino-alcohol motifs (C(OH)–C–C–N with tert-alkyl or cyclic N) is 1. The number of ether oxygens (including phenoxy) is 1. The summed E-state index contributed by atoms with van der Waals surface area (Å²) in [5.41, 5.74) is 3.53. The molecule has 1 heterocycles. The highest BCUT2D eigenvalue weighted by Crippen LogP contribution is 2.20. The van der Waals surface area contributed by atoms with Crippen LogP contribution >= 0.6 is 0 Å². The Bertz CT molecular complexity index is 419. The number of rotatable bonds is 4. The van der Waals surface area contributed by atoms with Gasteiger partial charge in [0.15, 0.2) is 0 Å². The normalized spacial score (nSPS) is 22.4. The van der Waals surface area contributed by atoms with Crippen LogP contribution in [-0.2, 0) is 4.74 Å². The number of aliphatic hydroxyl groups excluding tert-OH is 1. The Morgan fingerprint density at radius 2 is 2.16 bits per heavy atom. The predicted molar refractivity (Wildman–Crippen MR) is 77.3 cm³/mol. The summed E-state index contributed by atoms with van der Waals surface area (Å²) >= 11 is 0. The van der Waals surface area contributed by atoms with Gasteiger partial charge in [0.2, 0.25) is 0 Å². The molecule has 1 aromatic carbocycles. The molecular formula is C16H25NO2. The van der Waals surface area contributed by atoms with Crippen molar-refractivity contribution < 1.29 is 9.84 Å². The van der Waals surface area contributed by atoms with Gasteiger partial charge in [-0.3, -0.25) is 4.90 Å². The van der Waals surface area contributed by atoms with E-state index in [1.165, 1.54) is 11.1 Å². The minimum Gasteiger partial charge on any atom is -0.387 e. The first kappa shape index (κ1) is 14.5. The van der Waals surface area contributed by atoms with Gasteiger partial charge in [-0.25, -0.2) is 0 Å². The van der Waals surface area contributed by atoms with Crippen LogP contribution in [0, 0.1) is 13.8 Å². The van der Waals surface area contributed by atoms with Crippen LogP contribution in [0.25, 0.3) is 0 Å². The molecule has 0 aliphatic carbocycles. The van der Waals surface area contributed by atoms with Crippen LogP contribution in [0.15, 0.2) is 18.2 Å². The highest BCUT2D eigenvalue weighted by atomic mass is 16.5. The summed E-state index contributed by atoms with van der Waals surface area (Å²) in [6.45, 7) is 9.54. The van der Waals surface area contributed by atoms with E-state index in [4.69, 9.17) is 4.74 Å². The van der Waals surface area contributed by atoms with Crippen LogP contribution in [0.2, 0.25) is 0 Å². The van der Waals surface area contributed by atoms with Crippen LogP contribution in [0.3, 0.4) is 0 Å². The highest BCUT2D eigenvalue weighted by molar-refractivity contribution is 5.31. The van der Waals surface area contributed by atoms with E-state index in [9.17, 15) is 5.11 Å². The topological polar surface area (TPSA) is 32.7 Å². The molecule has 3 heteroatoms. The summed E-state index contributed by atoms with van der Waals surface area (Å²) < 4.78 is 5.50. The molecule has 0 saturated carbocycles. The summed E-state index contributed by atoms with van der Waals surface area (Å²) in [4.78, 5) is 2.35. The fourth-order valence-corrected chi connectivity index (χ4v) is 2.60. The van der Waals surface area contributed by atoms with Crippen LogP contribution in [0.4, 0.5) is 0 Å². The molecule has 2 unspecified atom stereocenters. The maximum absolute atomic E-state index is 10.4. The van der Waals surface area contributed by atoms with Crippen molar-refractivity contribution in [1.82, 2.24) is 4.90 Å². The molecule has 1 aliphatic heterocycles. The SMILES string of the molecule is CCC1COCCN1CC(O)c1ccc(C)c(C)c1. The summed E-state index contributed by atoms with van der Waals surface area (Å²) in [5, 5.41) is 10.4. The van der Waals surface area contributed by atoms with Gasteiger partial charge in [-0.2, -0.15) is 0 Å². The third kappa shape index (κ3) is 3.56. The van der Waals surface area contributed by atoms with Gasteiger partial charge in [0, 0.05) is 19.1 Å². The van der Waals surface area contributed by atoms with E-state index in [1.54, 1.807) is 0 Å². The first-order valence-corrected chi connectivity index (χ1v) is 7.18. The minimum absolute atomic E-state index is 0.411. The van der Waals surface area contributed by atoms with E-state index >= 15 is 0 Å². The molecule has 0 spiro atoms. The van der Waals surface area contributed by atoms with Crippen molar-refractivity contribution in [3.63, 3.8) is 0 Å². The standard InChI is InChI=1S/C16H25NO2/c1-4-15-11-19-8-7-17(15)10-16(18)14-6-5-12(2)13(3)9-14/h5-6,9,15-16,18H,4,7-8,10-11H2,1-3H3. The molecule has 2 atom stereocenters. The zero-order valence-corrected chi connectivity index (χ0v) is 12.2. The maximum Gasteiger partial charge on any atom is 0.0917 e. The summed E-state index contributed by atoms with van der Waals surface area (Å²) in [7, 11) is 0. The van der Waals surface area contributed by atoms with E-state index in [2.05, 4.69) is 37.8 Å². The molecule has 1 fully saturated rings. The molecule has 2 rings (SSSR count). The van der Waals surface area contributed by atoms with Gasteiger partial charge < -0.3 is 9.84 Å². The summed E-state index contributed by atoms with van der Waals surface area (Å²) in [6.07, 6.45) is 0.658. The molecule has 1 aromatic rings. The molecule has 19 heavy (non-hydrogen) atoms. The molecule has 1 N–H and O–H groups in total. The third-order valence-corrected chi connectivity index (χ3v) is 4.14. The lowest BCUT2D eigenvalue weighted by molar-refractivity contribution is -0.0277. The van der Waals surface area contributed by atoms with Gasteiger partial charge in [0.1, 0.15) is 0 Å². The van der Waals surface area contributed by atoms with Crippen LogP contribution < -0.4 is 0 Å². The molecule has 0 aromatic heterocycles. The van der Waals surface area contributed by atoms with Gasteiger partial charge in [-0.15, -0.1) is 0 Å². The number of nitrogens with zero attached hydrogens (tertiary/aromatic N) is 1. The van der Waals surface area contributed by atoms with Gasteiger partial charge in [-0.05, 0) is 37.0 Å². The monoisotopic (exact) mass is 263 g/mol. The fraction of sp³-hybridized carbons (Fsp3) is 0.625. The van der Waals surface area contributed by atoms with Gasteiger partial charge in [-0.1, -0.05) is 25.1 Å². The number of hydrogen-bond acceptors (Lipinski definition) is 3. The molecule has 3 nitrogen and oxygen atoms in total. The molecule has 1 saturated heterocycles. The van der Waals surface area contributed by atoms with Crippen molar-refractivity contribution in [1.29, 1.82) is 0 Å². The number of morpholine rings is 1. The van der Waals surface area contributed by atoms with Crippen molar-refractivity contribution in [3.05, 3.63) is 34.9 Å². The zero-order chi connectivity index (χ0) is 13.8. The van der Waals surface area contributed by atoms with Crippen molar-refractivity contribution in [2.75, 3.05) is 26.3 Å². The third-order valence-electron chi connectivity index (χ3n) is 4.14. The lowest BCUT2D eigenvalue weighted by Gasteiger charge is -2.36. The second-order valence-corrected chi connectivity index (χ2v) is 5.49. The van der Waals surface area contributed by atoms with Crippen molar-refractivity contribution in [3.8, 4) is 0 Å². The molecule has 0 amide bonds. The summed E-state index contributed by atoms with van der Waals surface area (Å²) in [6, 6.07) is 6.66. The molecule has 0 radical (unpaired) electrons. The van der Waals surface area contributed by atoms with E-state index in [-0.39, 0.29) is 0 Å². The average Bonchev–Trinajstić information content (AvgIpc) is 2.42. The van der Waals surface area contributed by atoms with Crippen molar-refractivity contribution in [2.24, 2.45) is 0 Å². The van der Waals surface area contributed by atoms with E-state index < -0.39 is 6.10 Å². The lowest BCUT2D eigenvalue weighted by Crippen LogP contribution is -2.46. The molecular weight excluding hydrogens is 238 g/mol. The number of aliphatic hydroxyl groups is 1. The Kier molecular flexibility index (Phi) is 4.97. The first-order chi connectivity index (χ1) is 9.11. The Hall–Kier alpha value is -0.900. The van der Waals surface area contributed by atoms with Crippen molar-refractivity contribution in [2.45, 2.75) is 39.3 Å². The first-order valence-electron chi connectivity index (χ1n) is 7.18. The number of aryl methyl sites for hydroxylation is 2.